The third-order valence-corrected chi connectivity index (χ3v) is 2.64. The highest BCUT2D eigenvalue weighted by Crippen LogP contribution is 2.09. The molecule has 25 heavy (non-hydrogen) atoms. The third-order valence-electron chi connectivity index (χ3n) is 2.64. The molecule has 4 N–H and O–H groups in total. The van der Waals surface area contributed by atoms with Crippen LogP contribution in [0.5, 0.6) is 0 Å². The van der Waals surface area contributed by atoms with Crippen LogP contribution < -0.4 is 16.4 Å². The Morgan fingerprint density at radius 1 is 1.12 bits per heavy atom. The lowest BCUT2D eigenvalue weighted by molar-refractivity contribution is -0.127. The van der Waals surface area contributed by atoms with Crippen molar-refractivity contribution in [2.75, 3.05) is 6.61 Å². The number of hydrogen-bond acceptors (Lipinski definition) is 5. The molecule has 0 saturated carbocycles. The predicted octanol–water partition coefficient (Wildman–Crippen LogP) is 2.13. The monoisotopic (exact) mass is 358 g/mol. The Bertz CT molecular complexity index is 476. The SMILES string of the molecule is CC(C)CC(NC(=O)OC(C)(C)C)C(N)=NOCC(=O)NC(C)(C)C. The zero-order valence-corrected chi connectivity index (χ0v) is 16.7. The molecule has 0 aromatic heterocycles. The molecule has 0 aromatic carbocycles. The van der Waals surface area contributed by atoms with E-state index < -0.39 is 17.7 Å². The Balaban J connectivity index is 4.74. The summed E-state index contributed by atoms with van der Waals surface area (Å²) in [5.41, 5.74) is 4.95. The highest BCUT2D eigenvalue weighted by molar-refractivity contribution is 5.88. The van der Waals surface area contributed by atoms with Crippen LogP contribution in [0, 0.1) is 5.92 Å². The molecule has 8 heteroatoms. The summed E-state index contributed by atoms with van der Waals surface area (Å²) in [5.74, 6) is 0.0468. The van der Waals surface area contributed by atoms with Crippen LogP contribution in [0.4, 0.5) is 4.79 Å². The first-order valence-electron chi connectivity index (χ1n) is 8.45. The smallest absolute Gasteiger partial charge is 0.408 e. The van der Waals surface area contributed by atoms with E-state index in [9.17, 15) is 9.59 Å². The number of nitrogens with zero attached hydrogens (tertiary/aromatic N) is 1. The highest BCUT2D eigenvalue weighted by Gasteiger charge is 2.23. The van der Waals surface area contributed by atoms with Crippen molar-refractivity contribution in [3.63, 3.8) is 0 Å². The standard InChI is InChI=1S/C17H34N4O4/c1-11(2)9-12(19-15(23)25-17(6,7)8)14(18)21-24-10-13(22)20-16(3,4)5/h11-12H,9-10H2,1-8H3,(H2,18,21)(H,19,23)(H,20,22). The number of rotatable bonds is 7. The van der Waals surface area contributed by atoms with Gasteiger partial charge >= 0.3 is 6.09 Å². The largest absolute Gasteiger partial charge is 0.444 e. The van der Waals surface area contributed by atoms with E-state index >= 15 is 0 Å². The van der Waals surface area contributed by atoms with Gasteiger partial charge in [0, 0.05) is 5.54 Å². The van der Waals surface area contributed by atoms with Crippen LogP contribution in [0.25, 0.3) is 0 Å². The highest BCUT2D eigenvalue weighted by atomic mass is 16.6. The average molecular weight is 358 g/mol. The molecule has 0 spiro atoms. The van der Waals surface area contributed by atoms with Crippen molar-refractivity contribution in [3.8, 4) is 0 Å². The molecule has 1 atom stereocenters. The minimum Gasteiger partial charge on any atom is -0.444 e. The second kappa shape index (κ2) is 9.48. The summed E-state index contributed by atoms with van der Waals surface area (Å²) >= 11 is 0. The zero-order chi connectivity index (χ0) is 19.8. The number of amidine groups is 1. The van der Waals surface area contributed by atoms with Crippen LogP contribution in [0.15, 0.2) is 5.16 Å². The first-order valence-corrected chi connectivity index (χ1v) is 8.45. The second-order valence-corrected chi connectivity index (χ2v) is 8.42. The molecule has 0 saturated heterocycles. The lowest BCUT2D eigenvalue weighted by atomic mass is 10.0. The van der Waals surface area contributed by atoms with Crippen LogP contribution in [0.3, 0.4) is 0 Å². The van der Waals surface area contributed by atoms with Gasteiger partial charge in [-0.2, -0.15) is 0 Å². The molecule has 0 aliphatic carbocycles. The second-order valence-electron chi connectivity index (χ2n) is 8.42. The van der Waals surface area contributed by atoms with Crippen molar-refractivity contribution in [1.29, 1.82) is 0 Å². The van der Waals surface area contributed by atoms with Gasteiger partial charge in [0.15, 0.2) is 12.4 Å². The van der Waals surface area contributed by atoms with Gasteiger partial charge < -0.3 is 25.9 Å². The van der Waals surface area contributed by atoms with E-state index in [0.29, 0.717) is 6.42 Å². The fraction of sp³-hybridized carbons (Fsp3) is 0.824. The number of nitrogens with one attached hydrogen (secondary N) is 2. The molecule has 0 aromatic rings. The number of amides is 2. The molecule has 1 unspecified atom stereocenters. The fourth-order valence-electron chi connectivity index (χ4n) is 1.86. The molecule has 0 aliphatic heterocycles. The zero-order valence-electron chi connectivity index (χ0n) is 16.7. The van der Waals surface area contributed by atoms with Gasteiger partial charge in [0.25, 0.3) is 5.91 Å². The van der Waals surface area contributed by atoms with E-state index in [0.717, 1.165) is 0 Å². The molecule has 146 valence electrons. The lowest BCUT2D eigenvalue weighted by Crippen LogP contribution is -2.47. The lowest BCUT2D eigenvalue weighted by Gasteiger charge is -2.24. The molecule has 0 rings (SSSR count). The first kappa shape index (κ1) is 23.0. The Kier molecular flexibility index (Phi) is 8.73. The van der Waals surface area contributed by atoms with Crippen molar-refractivity contribution < 1.29 is 19.2 Å². The summed E-state index contributed by atoms with van der Waals surface area (Å²) in [4.78, 5) is 28.6. The average Bonchev–Trinajstić information content (AvgIpc) is 2.32. The Morgan fingerprint density at radius 2 is 1.68 bits per heavy atom. The number of ether oxygens (including phenoxy) is 1. The summed E-state index contributed by atoms with van der Waals surface area (Å²) in [6.45, 7) is 14.7. The molecule has 8 nitrogen and oxygen atoms in total. The maximum Gasteiger partial charge on any atom is 0.408 e. The van der Waals surface area contributed by atoms with Gasteiger partial charge in [-0.1, -0.05) is 19.0 Å². The summed E-state index contributed by atoms with van der Waals surface area (Å²) in [7, 11) is 0. The van der Waals surface area contributed by atoms with Crippen LogP contribution in [-0.2, 0) is 14.4 Å². The van der Waals surface area contributed by atoms with E-state index in [2.05, 4.69) is 15.8 Å². The van der Waals surface area contributed by atoms with Crippen molar-refractivity contribution in [2.45, 2.75) is 79.0 Å². The van der Waals surface area contributed by atoms with Crippen molar-refractivity contribution in [3.05, 3.63) is 0 Å². The maximum absolute atomic E-state index is 11.9. The van der Waals surface area contributed by atoms with Crippen molar-refractivity contribution >= 4 is 17.8 Å². The van der Waals surface area contributed by atoms with E-state index in [-0.39, 0.29) is 29.8 Å². The molecule has 0 bridgehead atoms. The van der Waals surface area contributed by atoms with Crippen LogP contribution in [0.1, 0.15) is 61.8 Å². The molecular formula is C17H34N4O4. The van der Waals surface area contributed by atoms with Crippen LogP contribution in [0.2, 0.25) is 0 Å². The molecule has 0 aliphatic rings. The predicted molar refractivity (Wildman–Crippen MR) is 98.1 cm³/mol. The van der Waals surface area contributed by atoms with Crippen LogP contribution in [-0.4, -0.2) is 41.6 Å². The van der Waals surface area contributed by atoms with Gasteiger partial charge in [-0.15, -0.1) is 0 Å². The van der Waals surface area contributed by atoms with Gasteiger partial charge in [0.1, 0.15) is 5.60 Å². The molecule has 2 amide bonds. The van der Waals surface area contributed by atoms with Crippen LogP contribution >= 0.6 is 0 Å². The number of nitrogens with two attached hydrogens (primary N) is 1. The number of carbonyl (C=O) groups is 2. The van der Waals surface area contributed by atoms with Gasteiger partial charge in [0.05, 0.1) is 6.04 Å². The summed E-state index contributed by atoms with van der Waals surface area (Å²) in [6.07, 6.45) is -0.0201. The van der Waals surface area contributed by atoms with Gasteiger partial charge in [-0.05, 0) is 53.9 Å². The van der Waals surface area contributed by atoms with Gasteiger partial charge in [0.2, 0.25) is 0 Å². The number of alkyl carbamates (subject to hydrolysis) is 1. The number of oxime groups is 1. The molecule has 0 radical (unpaired) electrons. The quantitative estimate of drug-likeness (QED) is 0.366. The minimum atomic E-state index is -0.611. The molecule has 0 heterocycles. The number of hydrogen-bond donors (Lipinski definition) is 3. The Hall–Kier alpha value is -1.99. The Morgan fingerprint density at radius 3 is 2.12 bits per heavy atom. The normalized spacial score (nSPS) is 14.0. The van der Waals surface area contributed by atoms with E-state index in [1.165, 1.54) is 0 Å². The maximum atomic E-state index is 11.9. The fourth-order valence-corrected chi connectivity index (χ4v) is 1.86. The summed E-state index contributed by atoms with van der Waals surface area (Å²) < 4.78 is 5.23. The van der Waals surface area contributed by atoms with Gasteiger partial charge in [-0.25, -0.2) is 4.79 Å². The minimum absolute atomic E-state index is 0.0862. The van der Waals surface area contributed by atoms with Crippen molar-refractivity contribution in [2.24, 2.45) is 16.8 Å². The van der Waals surface area contributed by atoms with E-state index in [4.69, 9.17) is 15.3 Å². The van der Waals surface area contributed by atoms with Gasteiger partial charge in [-0.3, -0.25) is 4.79 Å². The number of carbonyl (C=O) groups excluding carboxylic acids is 2. The third kappa shape index (κ3) is 13.0. The topological polar surface area (TPSA) is 115 Å². The van der Waals surface area contributed by atoms with E-state index in [1.807, 2.05) is 34.6 Å². The Labute approximate surface area is 150 Å². The first-order chi connectivity index (χ1) is 11.2. The summed E-state index contributed by atoms with van der Waals surface area (Å²) in [6, 6.07) is -0.541. The van der Waals surface area contributed by atoms with Crippen molar-refractivity contribution in [1.82, 2.24) is 10.6 Å². The molecule has 0 fully saturated rings. The van der Waals surface area contributed by atoms with E-state index in [1.54, 1.807) is 20.8 Å². The summed E-state index contributed by atoms with van der Waals surface area (Å²) in [5, 5.41) is 9.19. The molecular weight excluding hydrogens is 324 g/mol.